The van der Waals surface area contributed by atoms with Gasteiger partial charge in [-0.1, -0.05) is 24.3 Å². The maximum Gasteiger partial charge on any atom is 0.410 e. The van der Waals surface area contributed by atoms with Crippen molar-refractivity contribution in [1.82, 2.24) is 4.90 Å². The van der Waals surface area contributed by atoms with Crippen molar-refractivity contribution in [2.45, 2.75) is 19.9 Å². The van der Waals surface area contributed by atoms with E-state index < -0.39 is 15.9 Å². The molecule has 0 atom stereocenters. The van der Waals surface area contributed by atoms with Crippen molar-refractivity contribution >= 4 is 17.5 Å². The fourth-order valence-corrected chi connectivity index (χ4v) is 2.44. The van der Waals surface area contributed by atoms with Crippen LogP contribution >= 0.6 is 0 Å². The van der Waals surface area contributed by atoms with Crippen molar-refractivity contribution in [2.24, 2.45) is 0 Å². The molecule has 0 N–H and O–H groups in total. The van der Waals surface area contributed by atoms with E-state index in [1.807, 2.05) is 0 Å². The number of benzene rings is 2. The van der Waals surface area contributed by atoms with E-state index in [9.17, 15) is 25.0 Å². The first-order chi connectivity index (χ1) is 12.9. The molecule has 0 bridgehead atoms. The minimum atomic E-state index is -0.488. The molecular formula is C18H19N3O6. The summed E-state index contributed by atoms with van der Waals surface area (Å²) >= 11 is 0. The third kappa shape index (κ3) is 5.77. The van der Waals surface area contributed by atoms with Crippen LogP contribution in [0.5, 0.6) is 0 Å². The predicted octanol–water partition coefficient (Wildman–Crippen LogP) is 3.70. The lowest BCUT2D eigenvalue weighted by atomic mass is 10.1. The van der Waals surface area contributed by atoms with Gasteiger partial charge in [-0.2, -0.15) is 0 Å². The zero-order valence-corrected chi connectivity index (χ0v) is 14.7. The van der Waals surface area contributed by atoms with Crippen LogP contribution in [0.3, 0.4) is 0 Å². The molecule has 27 heavy (non-hydrogen) atoms. The zero-order chi connectivity index (χ0) is 19.8. The smallest absolute Gasteiger partial charge is 0.410 e. The lowest BCUT2D eigenvalue weighted by molar-refractivity contribution is -0.385. The van der Waals surface area contributed by atoms with Crippen molar-refractivity contribution in [3.8, 4) is 0 Å². The van der Waals surface area contributed by atoms with E-state index in [0.717, 1.165) is 11.1 Å². The number of hydrogen-bond donors (Lipinski definition) is 0. The van der Waals surface area contributed by atoms with E-state index in [-0.39, 0.29) is 24.5 Å². The molecule has 0 aliphatic rings. The third-order valence-corrected chi connectivity index (χ3v) is 3.86. The average molecular weight is 373 g/mol. The second-order valence-corrected chi connectivity index (χ2v) is 5.72. The molecule has 0 radical (unpaired) electrons. The van der Waals surface area contributed by atoms with E-state index in [0.29, 0.717) is 13.0 Å². The van der Waals surface area contributed by atoms with Gasteiger partial charge in [0.2, 0.25) is 0 Å². The summed E-state index contributed by atoms with van der Waals surface area (Å²) in [5.41, 5.74) is 1.56. The number of ether oxygens (including phenoxy) is 1. The third-order valence-electron chi connectivity index (χ3n) is 3.86. The van der Waals surface area contributed by atoms with Crippen molar-refractivity contribution in [3.63, 3.8) is 0 Å². The Balaban J connectivity index is 2.06. The van der Waals surface area contributed by atoms with Crippen molar-refractivity contribution in [1.29, 1.82) is 0 Å². The first kappa shape index (κ1) is 19.8. The summed E-state index contributed by atoms with van der Waals surface area (Å²) in [5, 5.41) is 21.4. The summed E-state index contributed by atoms with van der Waals surface area (Å²) in [6, 6.07) is 12.1. The molecule has 0 aromatic heterocycles. The van der Waals surface area contributed by atoms with Crippen LogP contribution in [0.25, 0.3) is 0 Å². The number of amides is 1. The number of nitro benzene ring substituents is 2. The van der Waals surface area contributed by atoms with Crippen molar-refractivity contribution < 1.29 is 19.4 Å². The molecule has 1 amide bonds. The standard InChI is InChI=1S/C18H19N3O6/c1-2-27-18(22)19(13-15-5-9-17(10-6-15)21(25)26)12-11-14-3-7-16(8-4-14)20(23)24/h3-10H,2,11-13H2,1H3. The Labute approximate surface area is 155 Å². The molecule has 0 heterocycles. The van der Waals surface area contributed by atoms with Crippen LogP contribution in [0.1, 0.15) is 18.1 Å². The number of carbonyl (C=O) groups is 1. The van der Waals surface area contributed by atoms with Gasteiger partial charge in [0.25, 0.3) is 11.4 Å². The number of carbonyl (C=O) groups excluding carboxylic acids is 1. The van der Waals surface area contributed by atoms with Gasteiger partial charge in [-0.15, -0.1) is 0 Å². The van der Waals surface area contributed by atoms with Gasteiger partial charge in [-0.3, -0.25) is 20.2 Å². The Bertz CT molecular complexity index is 805. The highest BCUT2D eigenvalue weighted by atomic mass is 16.6. The fourth-order valence-electron chi connectivity index (χ4n) is 2.44. The second-order valence-electron chi connectivity index (χ2n) is 5.72. The topological polar surface area (TPSA) is 116 Å². The Kier molecular flexibility index (Phi) is 6.81. The van der Waals surface area contributed by atoms with E-state index in [4.69, 9.17) is 4.74 Å². The van der Waals surface area contributed by atoms with Crippen LogP contribution in [0.4, 0.5) is 16.2 Å². The Morgan fingerprint density at radius 1 is 0.926 bits per heavy atom. The summed E-state index contributed by atoms with van der Waals surface area (Å²) < 4.78 is 5.07. The van der Waals surface area contributed by atoms with Gasteiger partial charge in [0.1, 0.15) is 0 Å². The first-order valence-corrected chi connectivity index (χ1v) is 8.29. The van der Waals surface area contributed by atoms with Gasteiger partial charge >= 0.3 is 6.09 Å². The van der Waals surface area contributed by atoms with Gasteiger partial charge in [0.05, 0.1) is 16.5 Å². The number of nitrogens with zero attached hydrogens (tertiary/aromatic N) is 3. The van der Waals surface area contributed by atoms with Crippen LogP contribution in [0.15, 0.2) is 48.5 Å². The van der Waals surface area contributed by atoms with E-state index >= 15 is 0 Å². The quantitative estimate of drug-likeness (QED) is 0.514. The monoisotopic (exact) mass is 373 g/mol. The Hall–Kier alpha value is -3.49. The molecule has 9 heteroatoms. The normalized spacial score (nSPS) is 10.3. The highest BCUT2D eigenvalue weighted by Gasteiger charge is 2.16. The van der Waals surface area contributed by atoms with E-state index in [1.54, 1.807) is 31.2 Å². The number of non-ortho nitro benzene ring substituents is 2. The lowest BCUT2D eigenvalue weighted by Crippen LogP contribution is -2.33. The molecule has 2 rings (SSSR count). The lowest BCUT2D eigenvalue weighted by Gasteiger charge is -2.22. The van der Waals surface area contributed by atoms with Crippen LogP contribution in [-0.2, 0) is 17.7 Å². The highest BCUT2D eigenvalue weighted by molar-refractivity contribution is 5.67. The maximum absolute atomic E-state index is 12.2. The summed E-state index contributed by atoms with van der Waals surface area (Å²) in [5.74, 6) is 0. The molecule has 0 aliphatic heterocycles. The minimum Gasteiger partial charge on any atom is -0.450 e. The largest absolute Gasteiger partial charge is 0.450 e. The Morgan fingerprint density at radius 3 is 1.85 bits per heavy atom. The molecule has 0 fully saturated rings. The van der Waals surface area contributed by atoms with Gasteiger partial charge < -0.3 is 9.64 Å². The van der Waals surface area contributed by atoms with Crippen LogP contribution < -0.4 is 0 Å². The highest BCUT2D eigenvalue weighted by Crippen LogP contribution is 2.16. The number of rotatable bonds is 8. The van der Waals surface area contributed by atoms with Crippen molar-refractivity contribution in [3.05, 3.63) is 79.9 Å². The number of hydrogen-bond acceptors (Lipinski definition) is 6. The summed E-state index contributed by atoms with van der Waals surface area (Å²) in [7, 11) is 0. The van der Waals surface area contributed by atoms with Gasteiger partial charge in [-0.05, 0) is 24.5 Å². The van der Waals surface area contributed by atoms with Crippen LogP contribution in [0, 0.1) is 20.2 Å². The summed E-state index contributed by atoms with van der Waals surface area (Å²) in [4.78, 5) is 34.2. The number of nitro groups is 2. The second kappa shape index (κ2) is 9.27. The van der Waals surface area contributed by atoms with Crippen LogP contribution in [-0.4, -0.2) is 34.0 Å². The average Bonchev–Trinajstić information content (AvgIpc) is 2.66. The zero-order valence-electron chi connectivity index (χ0n) is 14.7. The summed E-state index contributed by atoms with van der Waals surface area (Å²) in [6.07, 6.45) is 0.00169. The van der Waals surface area contributed by atoms with Gasteiger partial charge in [-0.25, -0.2) is 4.79 Å². The molecule has 142 valence electrons. The molecule has 0 saturated heterocycles. The first-order valence-electron chi connectivity index (χ1n) is 8.29. The van der Waals surface area contributed by atoms with Crippen LogP contribution in [0.2, 0.25) is 0 Å². The SMILES string of the molecule is CCOC(=O)N(CCc1ccc([N+](=O)[O-])cc1)Cc1ccc([N+](=O)[O-])cc1. The fraction of sp³-hybridized carbons (Fsp3) is 0.278. The van der Waals surface area contributed by atoms with E-state index in [2.05, 4.69) is 0 Å². The Morgan fingerprint density at radius 2 is 1.41 bits per heavy atom. The molecule has 0 spiro atoms. The van der Waals surface area contributed by atoms with Gasteiger partial charge in [0.15, 0.2) is 0 Å². The molecular weight excluding hydrogens is 354 g/mol. The molecule has 0 unspecified atom stereocenters. The minimum absolute atomic E-state index is 0.00637. The summed E-state index contributed by atoms with van der Waals surface area (Å²) in [6.45, 7) is 2.52. The predicted molar refractivity (Wildman–Crippen MR) is 97.3 cm³/mol. The molecule has 0 saturated carbocycles. The van der Waals surface area contributed by atoms with Gasteiger partial charge in [0, 0.05) is 37.4 Å². The molecule has 0 aliphatic carbocycles. The van der Waals surface area contributed by atoms with E-state index in [1.165, 1.54) is 29.2 Å². The molecule has 2 aromatic rings. The molecule has 2 aromatic carbocycles. The molecule has 9 nitrogen and oxygen atoms in total. The maximum atomic E-state index is 12.2. The van der Waals surface area contributed by atoms with Crippen molar-refractivity contribution in [2.75, 3.05) is 13.2 Å².